The van der Waals surface area contributed by atoms with Crippen LogP contribution in [0.3, 0.4) is 0 Å². The van der Waals surface area contributed by atoms with Crippen LogP contribution in [0.15, 0.2) is 97.1 Å². The van der Waals surface area contributed by atoms with E-state index in [1.165, 1.54) is 21.5 Å². The summed E-state index contributed by atoms with van der Waals surface area (Å²) in [5.41, 5.74) is 3.65. The minimum atomic E-state index is -2.88. The molecule has 1 aliphatic carbocycles. The van der Waals surface area contributed by atoms with Crippen molar-refractivity contribution in [3.05, 3.63) is 129 Å². The fourth-order valence-electron chi connectivity index (χ4n) is 8.20. The lowest BCUT2D eigenvalue weighted by Crippen LogP contribution is -2.67. The number of benzene rings is 4. The van der Waals surface area contributed by atoms with Gasteiger partial charge in [0.25, 0.3) is 8.32 Å². The fourth-order valence-corrected chi connectivity index (χ4v) is 13.3. The highest BCUT2D eigenvalue weighted by atomic mass is 35.5. The molecule has 0 aromatic heterocycles. The topological polar surface area (TPSA) is 49.8 Å². The minimum Gasteiger partial charge on any atom is -0.405 e. The van der Waals surface area contributed by atoms with E-state index in [-0.39, 0.29) is 35.4 Å². The Hall–Kier alpha value is -2.93. The minimum absolute atomic E-state index is 0.0228. The molecule has 48 heavy (non-hydrogen) atoms. The smallest absolute Gasteiger partial charge is 0.261 e. The molecule has 7 heteroatoms. The number of carbonyl (C=O) groups excluding carboxylic acids is 1. The van der Waals surface area contributed by atoms with E-state index in [0.29, 0.717) is 34.6 Å². The van der Waals surface area contributed by atoms with Gasteiger partial charge < -0.3 is 14.4 Å². The van der Waals surface area contributed by atoms with E-state index in [0.717, 1.165) is 12.0 Å². The number of hydrogen-bond acceptors (Lipinski definition) is 3. The van der Waals surface area contributed by atoms with Gasteiger partial charge in [-0.3, -0.25) is 4.79 Å². The fraction of sp³-hybridized carbons (Fsp3) is 0.390. The summed E-state index contributed by atoms with van der Waals surface area (Å²) in [5.74, 6) is 0.494. The van der Waals surface area contributed by atoms with Crippen molar-refractivity contribution < 1.29 is 14.3 Å². The normalized spacial score (nSPS) is 21.1. The van der Waals surface area contributed by atoms with Gasteiger partial charge in [0.15, 0.2) is 0 Å². The predicted molar refractivity (Wildman–Crippen MR) is 200 cm³/mol. The van der Waals surface area contributed by atoms with E-state index in [2.05, 4.69) is 107 Å². The maximum Gasteiger partial charge on any atom is 0.261 e. The second-order valence-electron chi connectivity index (χ2n) is 15.2. The van der Waals surface area contributed by atoms with Crippen LogP contribution >= 0.6 is 23.2 Å². The van der Waals surface area contributed by atoms with Crippen LogP contribution in [0.5, 0.6) is 0 Å². The van der Waals surface area contributed by atoms with Crippen molar-refractivity contribution in [2.24, 2.45) is 5.92 Å². The Kier molecular flexibility index (Phi) is 9.75. The number of halogens is 2. The largest absolute Gasteiger partial charge is 0.405 e. The number of nitrogens with zero attached hydrogens (tertiary/aromatic N) is 1. The van der Waals surface area contributed by atoms with Crippen LogP contribution in [0.4, 0.5) is 0 Å². The molecule has 2 aliphatic rings. The first-order valence-corrected chi connectivity index (χ1v) is 19.7. The second kappa shape index (κ2) is 13.4. The summed E-state index contributed by atoms with van der Waals surface area (Å²) in [6.07, 6.45) is 1.74. The van der Waals surface area contributed by atoms with Crippen molar-refractivity contribution in [1.82, 2.24) is 4.90 Å². The van der Waals surface area contributed by atoms with Crippen LogP contribution in [0.1, 0.15) is 82.2 Å². The zero-order valence-electron chi connectivity index (χ0n) is 28.8. The summed E-state index contributed by atoms with van der Waals surface area (Å²) in [6, 6.07) is 32.8. The molecule has 1 fully saturated rings. The van der Waals surface area contributed by atoms with Crippen LogP contribution in [0.25, 0.3) is 0 Å². The molecule has 1 heterocycles. The number of aliphatic hydroxyl groups is 1. The quantitative estimate of drug-likeness (QED) is 0.178. The summed E-state index contributed by atoms with van der Waals surface area (Å²) in [4.78, 5) is 16.5. The third kappa shape index (κ3) is 6.53. The summed E-state index contributed by atoms with van der Waals surface area (Å²) < 4.78 is 7.49. The van der Waals surface area contributed by atoms with Gasteiger partial charge in [0.05, 0.1) is 30.7 Å². The number of amides is 1. The van der Waals surface area contributed by atoms with E-state index in [1.807, 2.05) is 18.7 Å². The average molecular weight is 701 g/mol. The molecular formula is C41H47Cl2NO3Si. The Bertz CT molecular complexity index is 1710. The highest BCUT2D eigenvalue weighted by Crippen LogP contribution is 2.55. The first-order valence-electron chi connectivity index (χ1n) is 17.1. The van der Waals surface area contributed by atoms with Gasteiger partial charge in [-0.1, -0.05) is 129 Å². The van der Waals surface area contributed by atoms with Gasteiger partial charge in [-0.05, 0) is 95.2 Å². The zero-order valence-corrected chi connectivity index (χ0v) is 31.4. The van der Waals surface area contributed by atoms with Crippen LogP contribution in [0, 0.1) is 5.92 Å². The van der Waals surface area contributed by atoms with Crippen molar-refractivity contribution in [3.8, 4) is 0 Å². The van der Waals surface area contributed by atoms with Crippen LogP contribution in [-0.4, -0.2) is 42.5 Å². The Morgan fingerprint density at radius 2 is 1.38 bits per heavy atom. The maximum atomic E-state index is 14.5. The lowest BCUT2D eigenvalue weighted by Gasteiger charge is -2.47. The van der Waals surface area contributed by atoms with Gasteiger partial charge >= 0.3 is 0 Å². The molecule has 252 valence electrons. The molecule has 4 aromatic rings. The van der Waals surface area contributed by atoms with Crippen molar-refractivity contribution in [2.75, 3.05) is 6.61 Å². The van der Waals surface area contributed by atoms with Crippen molar-refractivity contribution in [1.29, 1.82) is 0 Å². The van der Waals surface area contributed by atoms with Crippen molar-refractivity contribution in [3.63, 3.8) is 0 Å². The highest BCUT2D eigenvalue weighted by Gasteiger charge is 2.52. The standard InChI is InChI=1S/C41H47Cl2NO3Si/c1-27-31-19-13-20-32(34-24-36(34)41(5,6)46)33(31)23-28(44(27)39(45)25-35-37(42)21-14-22-38(35)43)26-47-48(40(2,3)4,29-15-9-7-10-16-29)30-17-11-8-12-18-30/h7-22,27-28,34,36,46H,23-26H2,1-6H3/t27-,28+,34?,36-/m0/s1. The summed E-state index contributed by atoms with van der Waals surface area (Å²) >= 11 is 13.2. The average Bonchev–Trinajstić information content (AvgIpc) is 3.85. The van der Waals surface area contributed by atoms with Gasteiger partial charge in [0.2, 0.25) is 5.91 Å². The summed E-state index contributed by atoms with van der Waals surface area (Å²) in [6.45, 7) is 13.2. The SMILES string of the molecule is C[C@H]1c2cccc(C3C[C@@H]3C(C)(C)O)c2C[C@H](CO[Si](c2ccccc2)(c2ccccc2)C(C)(C)C)N1C(=O)Cc1c(Cl)cccc1Cl. The van der Waals surface area contributed by atoms with Gasteiger partial charge in [-0.2, -0.15) is 0 Å². The Morgan fingerprint density at radius 3 is 1.90 bits per heavy atom. The van der Waals surface area contributed by atoms with Gasteiger partial charge in [0, 0.05) is 10.0 Å². The predicted octanol–water partition coefficient (Wildman–Crippen LogP) is 8.50. The molecule has 1 unspecified atom stereocenters. The molecule has 0 spiro atoms. The van der Waals surface area contributed by atoms with E-state index in [1.54, 1.807) is 18.2 Å². The molecule has 4 nitrogen and oxygen atoms in total. The third-order valence-corrected chi connectivity index (χ3v) is 16.3. The molecule has 1 N–H and O–H groups in total. The van der Waals surface area contributed by atoms with Gasteiger partial charge in [-0.15, -0.1) is 0 Å². The van der Waals surface area contributed by atoms with Gasteiger partial charge in [0.1, 0.15) is 0 Å². The molecule has 0 saturated heterocycles. The van der Waals surface area contributed by atoms with Crippen LogP contribution in [-0.2, 0) is 22.1 Å². The lowest BCUT2D eigenvalue weighted by atomic mass is 9.83. The molecule has 0 bridgehead atoms. The molecule has 4 aromatic carbocycles. The van der Waals surface area contributed by atoms with Gasteiger partial charge in [-0.25, -0.2) is 0 Å². The van der Waals surface area contributed by atoms with E-state index in [4.69, 9.17) is 27.6 Å². The third-order valence-electron chi connectivity index (χ3n) is 10.6. The second-order valence-corrected chi connectivity index (χ2v) is 20.3. The number of hydrogen-bond donors (Lipinski definition) is 1. The molecular weight excluding hydrogens is 653 g/mol. The number of fused-ring (bicyclic) bond motifs is 1. The maximum absolute atomic E-state index is 14.5. The number of rotatable bonds is 9. The van der Waals surface area contributed by atoms with Crippen LogP contribution in [0.2, 0.25) is 15.1 Å². The lowest BCUT2D eigenvalue weighted by molar-refractivity contribution is -0.137. The Morgan fingerprint density at radius 1 is 0.833 bits per heavy atom. The van der Waals surface area contributed by atoms with Crippen LogP contribution < -0.4 is 10.4 Å². The first kappa shape index (κ1) is 34.9. The highest BCUT2D eigenvalue weighted by molar-refractivity contribution is 6.99. The summed E-state index contributed by atoms with van der Waals surface area (Å²) in [7, 11) is -2.88. The van der Waals surface area contributed by atoms with E-state index < -0.39 is 13.9 Å². The zero-order chi connectivity index (χ0) is 34.4. The molecule has 1 amide bonds. The monoisotopic (exact) mass is 699 g/mol. The molecule has 6 rings (SSSR count). The van der Waals surface area contributed by atoms with E-state index in [9.17, 15) is 9.90 Å². The Labute approximate surface area is 297 Å². The van der Waals surface area contributed by atoms with Crippen molar-refractivity contribution >= 4 is 47.8 Å². The summed E-state index contributed by atoms with van der Waals surface area (Å²) in [5, 5.41) is 14.1. The Balaban J connectivity index is 1.43. The first-order chi connectivity index (χ1) is 22.7. The number of carbonyl (C=O) groups is 1. The molecule has 1 aliphatic heterocycles. The molecule has 0 radical (unpaired) electrons. The molecule has 1 saturated carbocycles. The van der Waals surface area contributed by atoms with E-state index >= 15 is 0 Å². The molecule has 4 atom stereocenters. The van der Waals surface area contributed by atoms with Crippen molar-refractivity contribution in [2.45, 2.75) is 89.4 Å².